The van der Waals surface area contributed by atoms with Gasteiger partial charge >= 0.3 is 0 Å². The highest BCUT2D eigenvalue weighted by atomic mass is 16.3. The van der Waals surface area contributed by atoms with Gasteiger partial charge in [0.2, 0.25) is 0 Å². The molecule has 8 aromatic carbocycles. The summed E-state index contributed by atoms with van der Waals surface area (Å²) in [6.45, 7) is 0. The summed E-state index contributed by atoms with van der Waals surface area (Å²) in [6, 6.07) is 56.9. The Kier molecular flexibility index (Phi) is 5.27. The zero-order valence-corrected chi connectivity index (χ0v) is 23.4. The van der Waals surface area contributed by atoms with Crippen LogP contribution in [0.15, 0.2) is 162 Å². The Balaban J connectivity index is 1.33. The average molecular weight is 547 g/mol. The molecule has 9 rings (SSSR count). The predicted octanol–water partition coefficient (Wildman–Crippen LogP) is 12.0. The zero-order chi connectivity index (χ0) is 28.3. The Morgan fingerprint density at radius 2 is 0.837 bits per heavy atom. The van der Waals surface area contributed by atoms with E-state index < -0.39 is 0 Å². The third-order valence-electron chi connectivity index (χ3n) is 8.86. The first-order valence-corrected chi connectivity index (χ1v) is 14.8. The molecule has 0 radical (unpaired) electrons. The summed E-state index contributed by atoms with van der Waals surface area (Å²) in [5.74, 6) is 0. The van der Waals surface area contributed by atoms with Crippen LogP contribution in [0.4, 0.5) is 0 Å². The van der Waals surface area contributed by atoms with Gasteiger partial charge in [0, 0.05) is 10.8 Å². The maximum atomic E-state index is 6.30. The largest absolute Gasteiger partial charge is 0.456 e. The lowest BCUT2D eigenvalue weighted by Crippen LogP contribution is -1.92. The molecule has 1 heteroatoms. The molecule has 0 unspecified atom stereocenters. The van der Waals surface area contributed by atoms with Gasteiger partial charge in [-0.05, 0) is 90.0 Å². The van der Waals surface area contributed by atoms with Gasteiger partial charge in [-0.2, -0.15) is 0 Å². The Morgan fingerprint density at radius 1 is 0.302 bits per heavy atom. The SMILES string of the molecule is c1ccc(-c2c3ccccc3c(-c3ccc4ccccc4c3)c3ccccc23)c(-c2ccc3c(c2)oc2ccccc23)c1. The van der Waals surface area contributed by atoms with E-state index in [1.54, 1.807) is 0 Å². The van der Waals surface area contributed by atoms with Crippen molar-refractivity contribution >= 4 is 54.3 Å². The molecule has 0 aliphatic heterocycles. The van der Waals surface area contributed by atoms with E-state index in [4.69, 9.17) is 4.42 Å². The van der Waals surface area contributed by atoms with Gasteiger partial charge in [-0.15, -0.1) is 0 Å². The van der Waals surface area contributed by atoms with E-state index in [2.05, 4.69) is 146 Å². The minimum Gasteiger partial charge on any atom is -0.456 e. The fraction of sp³-hybridized carbons (Fsp3) is 0. The third kappa shape index (κ3) is 3.72. The molecule has 0 aliphatic carbocycles. The molecule has 0 N–H and O–H groups in total. The van der Waals surface area contributed by atoms with Crippen LogP contribution < -0.4 is 0 Å². The van der Waals surface area contributed by atoms with Gasteiger partial charge in [-0.25, -0.2) is 0 Å². The summed E-state index contributed by atoms with van der Waals surface area (Å²) < 4.78 is 6.30. The van der Waals surface area contributed by atoms with Crippen LogP contribution in [-0.2, 0) is 0 Å². The van der Waals surface area contributed by atoms with Crippen LogP contribution in [-0.4, -0.2) is 0 Å². The Labute approximate surface area is 249 Å². The van der Waals surface area contributed by atoms with Crippen LogP contribution in [0, 0.1) is 0 Å². The monoisotopic (exact) mass is 546 g/mol. The number of fused-ring (bicyclic) bond motifs is 6. The normalized spacial score (nSPS) is 11.7. The highest BCUT2D eigenvalue weighted by Crippen LogP contribution is 2.46. The summed E-state index contributed by atoms with van der Waals surface area (Å²) in [7, 11) is 0. The van der Waals surface area contributed by atoms with Crippen molar-refractivity contribution < 1.29 is 4.42 Å². The molecule has 0 aliphatic rings. The van der Waals surface area contributed by atoms with Gasteiger partial charge < -0.3 is 4.42 Å². The predicted molar refractivity (Wildman–Crippen MR) is 183 cm³/mol. The molecule has 0 amide bonds. The average Bonchev–Trinajstić information content (AvgIpc) is 3.45. The van der Waals surface area contributed by atoms with Crippen molar-refractivity contribution in [3.8, 4) is 33.4 Å². The maximum Gasteiger partial charge on any atom is 0.136 e. The van der Waals surface area contributed by atoms with Crippen molar-refractivity contribution in [3.05, 3.63) is 158 Å². The molecular formula is C42H26O. The molecule has 1 nitrogen and oxygen atoms in total. The van der Waals surface area contributed by atoms with Crippen molar-refractivity contribution in [1.29, 1.82) is 0 Å². The molecule has 1 heterocycles. The van der Waals surface area contributed by atoms with Gasteiger partial charge in [0.1, 0.15) is 11.2 Å². The minimum atomic E-state index is 0.912. The number of hydrogen-bond donors (Lipinski definition) is 0. The Morgan fingerprint density at radius 3 is 1.58 bits per heavy atom. The lowest BCUT2D eigenvalue weighted by molar-refractivity contribution is 0.669. The fourth-order valence-corrected chi connectivity index (χ4v) is 6.92. The van der Waals surface area contributed by atoms with Crippen LogP contribution >= 0.6 is 0 Å². The topological polar surface area (TPSA) is 13.1 Å². The van der Waals surface area contributed by atoms with Crippen LogP contribution in [0.2, 0.25) is 0 Å². The lowest BCUT2D eigenvalue weighted by Gasteiger charge is -2.20. The van der Waals surface area contributed by atoms with Crippen molar-refractivity contribution in [2.75, 3.05) is 0 Å². The molecule has 0 saturated carbocycles. The van der Waals surface area contributed by atoms with Crippen molar-refractivity contribution in [2.45, 2.75) is 0 Å². The van der Waals surface area contributed by atoms with Gasteiger partial charge in [0.15, 0.2) is 0 Å². The fourth-order valence-electron chi connectivity index (χ4n) is 6.92. The van der Waals surface area contributed by atoms with E-state index >= 15 is 0 Å². The first kappa shape index (κ1) is 24.0. The summed E-state index contributed by atoms with van der Waals surface area (Å²) in [6.07, 6.45) is 0. The molecule has 0 spiro atoms. The van der Waals surface area contributed by atoms with Crippen LogP contribution in [0.1, 0.15) is 0 Å². The molecule has 43 heavy (non-hydrogen) atoms. The summed E-state index contributed by atoms with van der Waals surface area (Å²) in [4.78, 5) is 0. The standard InChI is InChI=1S/C42H26O/c1-2-12-28-25-30(22-21-27(28)11-1)41-35-16-5-7-18-37(35)42(38-19-8-6-17-36(38)41)34-15-4-3-13-31(34)29-23-24-33-32-14-9-10-20-39(32)43-40(33)26-29/h1-26H. The number of benzene rings is 8. The smallest absolute Gasteiger partial charge is 0.136 e. The van der Waals surface area contributed by atoms with Gasteiger partial charge in [0.25, 0.3) is 0 Å². The highest BCUT2D eigenvalue weighted by Gasteiger charge is 2.19. The molecule has 0 fully saturated rings. The van der Waals surface area contributed by atoms with Crippen LogP contribution in [0.3, 0.4) is 0 Å². The Bertz CT molecular complexity index is 2460. The van der Waals surface area contributed by atoms with Crippen LogP contribution in [0.25, 0.3) is 87.6 Å². The summed E-state index contributed by atoms with van der Waals surface area (Å²) >= 11 is 0. The molecular weight excluding hydrogens is 520 g/mol. The van der Waals surface area contributed by atoms with Gasteiger partial charge in [-0.1, -0.05) is 133 Å². The number of para-hydroxylation sites is 1. The molecule has 200 valence electrons. The van der Waals surface area contributed by atoms with E-state index in [1.165, 1.54) is 60.1 Å². The van der Waals surface area contributed by atoms with E-state index in [0.717, 1.165) is 27.5 Å². The Hall–Kier alpha value is -5.66. The van der Waals surface area contributed by atoms with E-state index in [9.17, 15) is 0 Å². The van der Waals surface area contributed by atoms with Crippen LogP contribution in [0.5, 0.6) is 0 Å². The summed E-state index contributed by atoms with van der Waals surface area (Å²) in [5, 5.41) is 9.83. The second-order valence-corrected chi connectivity index (χ2v) is 11.3. The zero-order valence-electron chi connectivity index (χ0n) is 23.4. The maximum absolute atomic E-state index is 6.30. The third-order valence-corrected chi connectivity index (χ3v) is 8.86. The van der Waals surface area contributed by atoms with Crippen molar-refractivity contribution in [1.82, 2.24) is 0 Å². The molecule has 0 atom stereocenters. The summed E-state index contributed by atoms with van der Waals surface area (Å²) in [5.41, 5.74) is 9.17. The second kappa shape index (κ2) is 9.44. The minimum absolute atomic E-state index is 0.912. The molecule has 9 aromatic rings. The first-order valence-electron chi connectivity index (χ1n) is 14.8. The number of furan rings is 1. The molecule has 1 aromatic heterocycles. The molecule has 0 saturated heterocycles. The van der Waals surface area contributed by atoms with Gasteiger partial charge in [0.05, 0.1) is 0 Å². The van der Waals surface area contributed by atoms with E-state index in [0.29, 0.717) is 0 Å². The van der Waals surface area contributed by atoms with E-state index in [-0.39, 0.29) is 0 Å². The van der Waals surface area contributed by atoms with E-state index in [1.807, 2.05) is 12.1 Å². The highest BCUT2D eigenvalue weighted by molar-refractivity contribution is 6.22. The van der Waals surface area contributed by atoms with Crippen molar-refractivity contribution in [2.24, 2.45) is 0 Å². The first-order chi connectivity index (χ1) is 21.3. The second-order valence-electron chi connectivity index (χ2n) is 11.3. The number of rotatable bonds is 3. The number of hydrogen-bond acceptors (Lipinski definition) is 1. The van der Waals surface area contributed by atoms with Crippen molar-refractivity contribution in [3.63, 3.8) is 0 Å². The lowest BCUT2D eigenvalue weighted by atomic mass is 9.83. The molecule has 0 bridgehead atoms. The van der Waals surface area contributed by atoms with Gasteiger partial charge in [-0.3, -0.25) is 0 Å². The quantitative estimate of drug-likeness (QED) is 0.201.